The van der Waals surface area contributed by atoms with Crippen molar-refractivity contribution in [2.45, 2.75) is 38.5 Å². The zero-order valence-electron chi connectivity index (χ0n) is 10.7. The van der Waals surface area contributed by atoms with Gasteiger partial charge in [0.2, 0.25) is 0 Å². The highest BCUT2D eigenvalue weighted by Crippen LogP contribution is 2.61. The summed E-state index contributed by atoms with van der Waals surface area (Å²) < 4.78 is 85.6. The van der Waals surface area contributed by atoms with Crippen LogP contribution in [0.1, 0.15) is 26.2 Å². The Hall–Kier alpha value is -0.0600. The van der Waals surface area contributed by atoms with Crippen LogP contribution in [0.2, 0.25) is 0 Å². The predicted octanol–water partition coefficient (Wildman–Crippen LogP) is 5.29. The average Bonchev–Trinajstić information content (AvgIpc) is 2.26. The molecule has 0 amide bonds. The molecule has 0 aromatic carbocycles. The zero-order valence-corrected chi connectivity index (χ0v) is 11.6. The van der Waals surface area contributed by atoms with Gasteiger partial charge in [0.15, 0.2) is 0 Å². The van der Waals surface area contributed by atoms with Crippen molar-refractivity contribution in [1.82, 2.24) is 0 Å². The van der Waals surface area contributed by atoms with Gasteiger partial charge in [0.05, 0.1) is 44.2 Å². The van der Waals surface area contributed by atoms with Gasteiger partial charge < -0.3 is 0 Å². The van der Waals surface area contributed by atoms with Crippen molar-refractivity contribution in [2.24, 2.45) is 0 Å². The Labute approximate surface area is 109 Å². The Morgan fingerprint density at radius 2 is 1.21 bits per heavy atom. The number of alkyl halides is 7. The minimum Gasteiger partial charge on any atom is -0.251 e. The fourth-order valence-corrected chi connectivity index (χ4v) is 5.80. The summed E-state index contributed by atoms with van der Waals surface area (Å²) in [6, 6.07) is 0. The minimum absolute atomic E-state index is 0.0529. The molecule has 0 saturated carbocycles. The molecule has 19 heavy (non-hydrogen) atoms. The van der Waals surface area contributed by atoms with Crippen LogP contribution in [0.15, 0.2) is 0 Å². The van der Waals surface area contributed by atoms with Gasteiger partial charge in [-0.05, 0) is 6.92 Å². The topological polar surface area (TPSA) is 0 Å². The molecule has 0 nitrogen and oxygen atoms in total. The number of halogens is 7. The second kappa shape index (κ2) is 7.65. The van der Waals surface area contributed by atoms with E-state index in [9.17, 15) is 30.7 Å². The summed E-state index contributed by atoms with van der Waals surface area (Å²) in [5.74, 6) is 0. The van der Waals surface area contributed by atoms with Crippen LogP contribution in [0.5, 0.6) is 0 Å². The molecule has 8 heteroatoms. The van der Waals surface area contributed by atoms with Gasteiger partial charge in [0.1, 0.15) is 0 Å². The molecule has 0 aromatic rings. The Bertz CT molecular complexity index is 228. The lowest BCUT2D eigenvalue weighted by molar-refractivity contribution is -0.130. The summed E-state index contributed by atoms with van der Waals surface area (Å²) in [6.07, 6.45) is -10.9. The van der Waals surface area contributed by atoms with E-state index in [1.165, 1.54) is 0 Å². The Kier molecular flexibility index (Phi) is 7.63. The molecule has 0 aliphatic carbocycles. The van der Waals surface area contributed by atoms with Crippen molar-refractivity contribution in [3.8, 4) is 0 Å². The highest BCUT2D eigenvalue weighted by atomic mass is 31.2. The SMILES string of the molecule is CC[P+](CCCF)(CCC(F)(F)F)CCC(F)(F)F. The maximum Gasteiger partial charge on any atom is 0.392 e. The molecule has 0 N–H and O–H groups in total. The van der Waals surface area contributed by atoms with E-state index in [0.717, 1.165) is 0 Å². The van der Waals surface area contributed by atoms with Gasteiger partial charge in [-0.1, -0.05) is 0 Å². The molecular weight excluding hydrogens is 296 g/mol. The van der Waals surface area contributed by atoms with E-state index in [4.69, 9.17) is 0 Å². The third-order valence-corrected chi connectivity index (χ3v) is 8.13. The molecule has 0 atom stereocenters. The molecular formula is C11H19F7P+. The molecule has 0 spiro atoms. The summed E-state index contributed by atoms with van der Waals surface area (Å²) in [4.78, 5) is 0. The molecule has 0 bridgehead atoms. The lowest BCUT2D eigenvalue weighted by Gasteiger charge is -2.27. The first-order chi connectivity index (χ1) is 8.54. The first kappa shape index (κ1) is 18.9. The summed E-state index contributed by atoms with van der Waals surface area (Å²) in [7, 11) is -2.37. The van der Waals surface area contributed by atoms with Crippen molar-refractivity contribution in [3.63, 3.8) is 0 Å². The van der Waals surface area contributed by atoms with Crippen LogP contribution in [-0.2, 0) is 0 Å². The van der Waals surface area contributed by atoms with Crippen molar-refractivity contribution in [2.75, 3.05) is 31.3 Å². The van der Waals surface area contributed by atoms with Gasteiger partial charge >= 0.3 is 12.4 Å². The lowest BCUT2D eigenvalue weighted by Crippen LogP contribution is -2.20. The van der Waals surface area contributed by atoms with Crippen molar-refractivity contribution in [3.05, 3.63) is 0 Å². The monoisotopic (exact) mass is 315 g/mol. The van der Waals surface area contributed by atoms with E-state index in [1.54, 1.807) is 6.92 Å². The second-order valence-electron chi connectivity index (χ2n) is 4.60. The molecule has 116 valence electrons. The third-order valence-electron chi connectivity index (χ3n) is 3.18. The van der Waals surface area contributed by atoms with E-state index < -0.39 is 39.1 Å². The van der Waals surface area contributed by atoms with E-state index in [-0.39, 0.29) is 24.9 Å². The molecule has 0 aliphatic rings. The highest BCUT2D eigenvalue weighted by molar-refractivity contribution is 7.75. The minimum atomic E-state index is -4.37. The van der Waals surface area contributed by atoms with Crippen LogP contribution in [0, 0.1) is 0 Å². The lowest BCUT2D eigenvalue weighted by atomic mass is 10.5. The van der Waals surface area contributed by atoms with Crippen LogP contribution < -0.4 is 0 Å². The van der Waals surface area contributed by atoms with Gasteiger partial charge in [0, 0.05) is 13.7 Å². The van der Waals surface area contributed by atoms with E-state index in [2.05, 4.69) is 0 Å². The Balaban J connectivity index is 4.67. The Morgan fingerprint density at radius 3 is 1.47 bits per heavy atom. The maximum atomic E-state index is 12.2. The Morgan fingerprint density at radius 1 is 0.789 bits per heavy atom. The molecule has 0 rings (SSSR count). The van der Waals surface area contributed by atoms with Crippen molar-refractivity contribution in [1.29, 1.82) is 0 Å². The molecule has 0 saturated heterocycles. The number of rotatable bonds is 8. The van der Waals surface area contributed by atoms with Crippen molar-refractivity contribution < 1.29 is 30.7 Å². The first-order valence-electron chi connectivity index (χ1n) is 6.08. The second-order valence-corrected chi connectivity index (χ2v) is 9.26. The normalized spacial score (nSPS) is 13.9. The molecule has 0 aromatic heterocycles. The quantitative estimate of drug-likeness (QED) is 0.422. The van der Waals surface area contributed by atoms with Crippen LogP contribution >= 0.6 is 7.26 Å². The van der Waals surface area contributed by atoms with Gasteiger partial charge in [-0.3, -0.25) is 4.39 Å². The molecule has 0 aliphatic heterocycles. The van der Waals surface area contributed by atoms with Crippen LogP contribution in [0.4, 0.5) is 30.7 Å². The van der Waals surface area contributed by atoms with E-state index in [1.807, 2.05) is 0 Å². The van der Waals surface area contributed by atoms with E-state index in [0.29, 0.717) is 6.16 Å². The van der Waals surface area contributed by atoms with Gasteiger partial charge in [-0.25, -0.2) is 0 Å². The third kappa shape index (κ3) is 9.47. The molecule has 0 unspecified atom stereocenters. The fraction of sp³-hybridized carbons (Fsp3) is 1.00. The number of hydrogen-bond donors (Lipinski definition) is 0. The summed E-state index contributed by atoms with van der Waals surface area (Å²) in [5, 5.41) is 0. The van der Waals surface area contributed by atoms with Gasteiger partial charge in [-0.15, -0.1) is 0 Å². The largest absolute Gasteiger partial charge is 0.392 e. The summed E-state index contributed by atoms with van der Waals surface area (Å²) >= 11 is 0. The number of hydrogen-bond acceptors (Lipinski definition) is 0. The smallest absolute Gasteiger partial charge is 0.251 e. The summed E-state index contributed by atoms with van der Waals surface area (Å²) in [5.41, 5.74) is 0. The van der Waals surface area contributed by atoms with Gasteiger partial charge in [0.25, 0.3) is 0 Å². The van der Waals surface area contributed by atoms with Crippen LogP contribution in [0.25, 0.3) is 0 Å². The standard InChI is InChI=1S/C11H19F7P/c1-2-19(7-3-6-12,8-4-10(13,14)15)9-5-11(16,17)18/h2-9H2,1H3/q+1. The molecule has 0 fully saturated rings. The maximum absolute atomic E-state index is 12.2. The van der Waals surface area contributed by atoms with Crippen LogP contribution in [0.3, 0.4) is 0 Å². The molecule has 0 radical (unpaired) electrons. The fourth-order valence-electron chi connectivity index (χ4n) is 1.93. The first-order valence-corrected chi connectivity index (χ1v) is 8.61. The average molecular weight is 315 g/mol. The van der Waals surface area contributed by atoms with Gasteiger partial charge in [-0.2, -0.15) is 26.3 Å². The molecule has 0 heterocycles. The van der Waals surface area contributed by atoms with E-state index >= 15 is 0 Å². The summed E-state index contributed by atoms with van der Waals surface area (Å²) in [6.45, 7) is 0.915. The van der Waals surface area contributed by atoms with Crippen molar-refractivity contribution >= 4 is 7.26 Å². The highest BCUT2D eigenvalue weighted by Gasteiger charge is 2.43. The zero-order chi connectivity index (χ0) is 15.2. The predicted molar refractivity (Wildman–Crippen MR) is 64.0 cm³/mol. The van der Waals surface area contributed by atoms with Crippen LogP contribution in [-0.4, -0.2) is 43.7 Å².